The number of hydrogen-bond acceptors (Lipinski definition) is 4. The molecule has 8 aromatic carbocycles. The summed E-state index contributed by atoms with van der Waals surface area (Å²) in [6, 6.07) is 67.8. The number of ether oxygens (including phenoxy) is 2. The van der Waals surface area contributed by atoms with Gasteiger partial charge in [0.25, 0.3) is 0 Å². The summed E-state index contributed by atoms with van der Waals surface area (Å²) in [5.41, 5.74) is 11.1. The van der Waals surface area contributed by atoms with Gasteiger partial charge in [0.05, 0.1) is 14.2 Å². The number of hydrogen-bond donors (Lipinski definition) is 0. The van der Waals surface area contributed by atoms with Crippen molar-refractivity contribution in [2.24, 2.45) is 0 Å². The van der Waals surface area contributed by atoms with Crippen molar-refractivity contribution in [1.82, 2.24) is 0 Å². The molecule has 0 bridgehead atoms. The number of benzene rings is 8. The van der Waals surface area contributed by atoms with Crippen LogP contribution in [0.5, 0.6) is 11.5 Å². The van der Waals surface area contributed by atoms with E-state index in [1.165, 1.54) is 10.8 Å². The van der Waals surface area contributed by atoms with Crippen LogP contribution in [0.25, 0.3) is 35.1 Å². The maximum atomic E-state index is 5.39. The van der Waals surface area contributed by atoms with Crippen molar-refractivity contribution in [1.29, 1.82) is 0 Å². The summed E-state index contributed by atoms with van der Waals surface area (Å²) < 4.78 is 10.8. The van der Waals surface area contributed by atoms with E-state index in [4.69, 9.17) is 9.47 Å². The molecule has 0 aliphatic rings. The predicted molar refractivity (Wildman–Crippen MR) is 237 cm³/mol. The molecule has 272 valence electrons. The highest BCUT2D eigenvalue weighted by Gasteiger charge is 2.13. The second-order valence-corrected chi connectivity index (χ2v) is 13.5. The van der Waals surface area contributed by atoms with Crippen LogP contribution in [0.2, 0.25) is 0 Å². The van der Waals surface area contributed by atoms with Crippen molar-refractivity contribution < 1.29 is 9.47 Å². The number of anilines is 6. The summed E-state index contributed by atoms with van der Waals surface area (Å²) >= 11 is 0. The lowest BCUT2D eigenvalue weighted by molar-refractivity contribution is 0.414. The van der Waals surface area contributed by atoms with Crippen LogP contribution in [0.1, 0.15) is 22.3 Å². The number of nitrogens with zero attached hydrogens (tertiary/aromatic N) is 2. The lowest BCUT2D eigenvalue weighted by Crippen LogP contribution is -2.09. The van der Waals surface area contributed by atoms with Gasteiger partial charge in [-0.15, -0.1) is 0 Å². The SMILES string of the molecule is COc1ccc(N(c2ccccc2)c2ccc(/C=C/c3ccc4cc(/C=C/c5ccc(N(c6ccccc6)c6ccc(OC)cc6)cc5)ccc4c3)cc2)cc1. The summed E-state index contributed by atoms with van der Waals surface area (Å²) in [5, 5.41) is 2.42. The fraction of sp³-hybridized carbons (Fsp3) is 0.0385. The van der Waals surface area contributed by atoms with Gasteiger partial charge in [-0.05, 0) is 142 Å². The molecule has 0 aliphatic carbocycles. The van der Waals surface area contributed by atoms with Crippen molar-refractivity contribution in [3.8, 4) is 11.5 Å². The molecule has 4 nitrogen and oxygen atoms in total. The van der Waals surface area contributed by atoms with E-state index in [1.54, 1.807) is 14.2 Å². The Kier molecular flexibility index (Phi) is 10.7. The molecular formula is C52H42N2O2. The summed E-state index contributed by atoms with van der Waals surface area (Å²) in [6.07, 6.45) is 8.70. The van der Waals surface area contributed by atoms with Gasteiger partial charge in [0, 0.05) is 34.1 Å². The van der Waals surface area contributed by atoms with Crippen LogP contribution in [0, 0.1) is 0 Å². The second kappa shape index (κ2) is 16.8. The molecular weight excluding hydrogens is 685 g/mol. The molecule has 0 N–H and O–H groups in total. The molecule has 0 atom stereocenters. The molecule has 56 heavy (non-hydrogen) atoms. The number of methoxy groups -OCH3 is 2. The number of para-hydroxylation sites is 2. The highest BCUT2D eigenvalue weighted by molar-refractivity contribution is 5.89. The molecule has 0 fully saturated rings. The van der Waals surface area contributed by atoms with Gasteiger partial charge >= 0.3 is 0 Å². The Morgan fingerprint density at radius 3 is 0.929 bits per heavy atom. The van der Waals surface area contributed by atoms with Gasteiger partial charge in [0.2, 0.25) is 0 Å². The fourth-order valence-corrected chi connectivity index (χ4v) is 6.86. The molecule has 0 radical (unpaired) electrons. The van der Waals surface area contributed by atoms with Crippen molar-refractivity contribution >= 4 is 69.2 Å². The van der Waals surface area contributed by atoms with E-state index in [2.05, 4.69) is 192 Å². The van der Waals surface area contributed by atoms with Crippen molar-refractivity contribution in [3.63, 3.8) is 0 Å². The number of rotatable bonds is 12. The number of fused-ring (bicyclic) bond motifs is 1. The van der Waals surface area contributed by atoms with Gasteiger partial charge in [-0.25, -0.2) is 0 Å². The molecule has 0 amide bonds. The standard InChI is InChI=1S/C52H42N2O2/c1-55-51-33-29-49(30-34-51)53(45-9-5-3-6-10-45)47-25-19-39(20-26-47)13-15-41-17-23-44-38-42(18-24-43(44)37-41)16-14-40-21-27-48(28-22-40)54(46-11-7-4-8-12-46)50-31-35-52(56-2)36-32-50/h3-38H,1-2H3/b15-13+,16-14+. The average molecular weight is 727 g/mol. The molecule has 0 heterocycles. The molecule has 0 aromatic heterocycles. The van der Waals surface area contributed by atoms with E-state index in [1.807, 2.05) is 36.4 Å². The van der Waals surface area contributed by atoms with Crippen LogP contribution in [-0.4, -0.2) is 14.2 Å². The molecule has 4 heteroatoms. The first kappa shape index (κ1) is 35.7. The van der Waals surface area contributed by atoms with Crippen LogP contribution in [-0.2, 0) is 0 Å². The molecule has 0 saturated carbocycles. The first-order chi connectivity index (χ1) is 27.6. The van der Waals surface area contributed by atoms with Crippen LogP contribution in [0.4, 0.5) is 34.1 Å². The monoisotopic (exact) mass is 726 g/mol. The van der Waals surface area contributed by atoms with E-state index >= 15 is 0 Å². The van der Waals surface area contributed by atoms with Gasteiger partial charge in [-0.1, -0.05) is 109 Å². The highest BCUT2D eigenvalue weighted by Crippen LogP contribution is 2.37. The normalized spacial score (nSPS) is 11.2. The smallest absolute Gasteiger partial charge is 0.119 e. The van der Waals surface area contributed by atoms with Crippen molar-refractivity contribution in [2.45, 2.75) is 0 Å². The lowest BCUT2D eigenvalue weighted by Gasteiger charge is -2.25. The first-order valence-corrected chi connectivity index (χ1v) is 18.7. The van der Waals surface area contributed by atoms with E-state index in [0.717, 1.165) is 67.9 Å². The van der Waals surface area contributed by atoms with Crippen LogP contribution < -0.4 is 19.3 Å². The molecule has 8 aromatic rings. The zero-order chi connectivity index (χ0) is 38.1. The Hall–Kier alpha value is -7.30. The van der Waals surface area contributed by atoms with Crippen LogP contribution in [0.15, 0.2) is 194 Å². The van der Waals surface area contributed by atoms with Crippen molar-refractivity contribution in [3.05, 3.63) is 216 Å². The Morgan fingerprint density at radius 1 is 0.304 bits per heavy atom. The van der Waals surface area contributed by atoms with Gasteiger partial charge in [0.1, 0.15) is 11.5 Å². The molecule has 0 spiro atoms. The zero-order valence-corrected chi connectivity index (χ0v) is 31.5. The lowest BCUT2D eigenvalue weighted by atomic mass is 10.0. The Labute approximate surface area is 329 Å². The maximum absolute atomic E-state index is 5.39. The third-order valence-corrected chi connectivity index (χ3v) is 9.82. The third kappa shape index (κ3) is 8.25. The topological polar surface area (TPSA) is 24.9 Å². The maximum Gasteiger partial charge on any atom is 0.119 e. The minimum Gasteiger partial charge on any atom is -0.497 e. The Morgan fingerprint density at radius 2 is 0.589 bits per heavy atom. The third-order valence-electron chi connectivity index (χ3n) is 9.82. The summed E-state index contributed by atoms with van der Waals surface area (Å²) in [6.45, 7) is 0. The Balaban J connectivity index is 0.951. The Bertz CT molecular complexity index is 2380. The van der Waals surface area contributed by atoms with Crippen LogP contribution >= 0.6 is 0 Å². The van der Waals surface area contributed by atoms with Gasteiger partial charge in [0.15, 0.2) is 0 Å². The van der Waals surface area contributed by atoms with Gasteiger partial charge in [-0.2, -0.15) is 0 Å². The van der Waals surface area contributed by atoms with E-state index in [9.17, 15) is 0 Å². The fourth-order valence-electron chi connectivity index (χ4n) is 6.86. The minimum atomic E-state index is 0.837. The highest BCUT2D eigenvalue weighted by atomic mass is 16.5. The van der Waals surface area contributed by atoms with E-state index in [0.29, 0.717) is 0 Å². The van der Waals surface area contributed by atoms with Crippen molar-refractivity contribution in [2.75, 3.05) is 24.0 Å². The van der Waals surface area contributed by atoms with Gasteiger partial charge in [-0.3, -0.25) is 0 Å². The molecule has 0 saturated heterocycles. The largest absolute Gasteiger partial charge is 0.497 e. The van der Waals surface area contributed by atoms with Gasteiger partial charge < -0.3 is 19.3 Å². The second-order valence-electron chi connectivity index (χ2n) is 13.5. The van der Waals surface area contributed by atoms with E-state index in [-0.39, 0.29) is 0 Å². The molecule has 0 aliphatic heterocycles. The summed E-state index contributed by atoms with van der Waals surface area (Å²) in [5.74, 6) is 1.67. The molecule has 8 rings (SSSR count). The quantitative estimate of drug-likeness (QED) is 0.117. The zero-order valence-electron chi connectivity index (χ0n) is 31.5. The predicted octanol–water partition coefficient (Wildman–Crippen LogP) is 14.1. The molecule has 0 unspecified atom stereocenters. The van der Waals surface area contributed by atoms with E-state index < -0.39 is 0 Å². The average Bonchev–Trinajstić information content (AvgIpc) is 3.27. The summed E-state index contributed by atoms with van der Waals surface area (Å²) in [7, 11) is 3.38. The first-order valence-electron chi connectivity index (χ1n) is 18.7. The van der Waals surface area contributed by atoms with Crippen LogP contribution in [0.3, 0.4) is 0 Å². The summed E-state index contributed by atoms with van der Waals surface area (Å²) in [4.78, 5) is 4.50. The minimum absolute atomic E-state index is 0.837.